The number of alkyl carbamates (subject to hydrolysis) is 1. The Kier molecular flexibility index (Phi) is 9.37. The molecular weight excluding hydrogens is 518 g/mol. The van der Waals surface area contributed by atoms with Gasteiger partial charge >= 0.3 is 12.1 Å². The van der Waals surface area contributed by atoms with Gasteiger partial charge in [0, 0.05) is 10.8 Å². The van der Waals surface area contributed by atoms with Crippen molar-refractivity contribution >= 4 is 12.1 Å². The lowest BCUT2D eigenvalue weighted by Crippen LogP contribution is -2.54. The molecule has 0 unspecified atom stereocenters. The molecule has 0 aromatic heterocycles. The van der Waals surface area contributed by atoms with Crippen LogP contribution in [0.1, 0.15) is 41.1 Å². The summed E-state index contributed by atoms with van der Waals surface area (Å²) in [6.07, 6.45) is -0.880. The minimum atomic E-state index is -1.74. The molecule has 0 spiro atoms. The number of hydrogen-bond acceptors (Lipinski definition) is 5. The minimum Gasteiger partial charge on any atom is -0.480 e. The second-order valence-corrected chi connectivity index (χ2v) is 9.78. The zero-order valence-electron chi connectivity index (χ0n) is 22.6. The maximum Gasteiger partial charge on any atom is 0.408 e. The lowest BCUT2D eigenvalue weighted by molar-refractivity contribution is -0.143. The van der Waals surface area contributed by atoms with Gasteiger partial charge in [0.15, 0.2) is 0 Å². The molecule has 208 valence electrons. The third-order valence-electron chi connectivity index (χ3n) is 6.96. The lowest BCUT2D eigenvalue weighted by Gasteiger charge is -2.24. The molecule has 1 atom stereocenters. The molecule has 0 bridgehead atoms. The van der Waals surface area contributed by atoms with Crippen LogP contribution in [0.3, 0.4) is 0 Å². The number of carboxylic acids is 1. The summed E-state index contributed by atoms with van der Waals surface area (Å²) >= 11 is 0. The van der Waals surface area contributed by atoms with E-state index in [9.17, 15) is 14.7 Å². The summed E-state index contributed by atoms with van der Waals surface area (Å²) in [5.74, 6) is -1.44. The summed E-state index contributed by atoms with van der Waals surface area (Å²) in [5.41, 5.74) is 19.4. The molecule has 4 N–H and O–H groups in total. The first-order valence-electron chi connectivity index (χ1n) is 13.1. The predicted octanol–water partition coefficient (Wildman–Crippen LogP) is 6.41. The van der Waals surface area contributed by atoms with Crippen molar-refractivity contribution in [3.63, 3.8) is 0 Å². The third-order valence-corrected chi connectivity index (χ3v) is 6.96. The molecule has 9 nitrogen and oxygen atoms in total. The Balaban J connectivity index is 0.000000231. The molecule has 9 heteroatoms. The number of nitrogens with two attached hydrogens (primary N) is 1. The van der Waals surface area contributed by atoms with Gasteiger partial charge in [0.25, 0.3) is 0 Å². The molecule has 0 aliphatic heterocycles. The normalized spacial score (nSPS) is 13.0. The minimum absolute atomic E-state index is 0.0163. The molecule has 0 saturated carbocycles. The largest absolute Gasteiger partial charge is 0.480 e. The molecule has 1 amide bonds. The van der Waals surface area contributed by atoms with Crippen molar-refractivity contribution in [2.24, 2.45) is 10.8 Å². The van der Waals surface area contributed by atoms with Crippen molar-refractivity contribution in [1.29, 1.82) is 0 Å². The molecule has 0 saturated heterocycles. The molecule has 4 aromatic rings. The molecule has 4 aromatic carbocycles. The van der Waals surface area contributed by atoms with Gasteiger partial charge in [-0.25, -0.2) is 9.59 Å². The number of azide groups is 1. The van der Waals surface area contributed by atoms with Gasteiger partial charge in [-0.3, -0.25) is 0 Å². The van der Waals surface area contributed by atoms with Crippen LogP contribution in [0.15, 0.2) is 114 Å². The van der Waals surface area contributed by atoms with E-state index in [1.807, 2.05) is 84.9 Å². The number of carboxylic acid groups (broad SMARTS) is 1. The summed E-state index contributed by atoms with van der Waals surface area (Å²) in [4.78, 5) is 26.1. The quantitative estimate of drug-likeness (QED) is 0.132. The summed E-state index contributed by atoms with van der Waals surface area (Å²) in [6, 6.07) is 36.1. The molecule has 0 heterocycles. The summed E-state index contributed by atoms with van der Waals surface area (Å²) in [6.45, 7) is 0.894. The molecule has 1 aliphatic carbocycles. The van der Waals surface area contributed by atoms with Crippen molar-refractivity contribution in [3.05, 3.63) is 142 Å². The van der Waals surface area contributed by atoms with Gasteiger partial charge in [-0.05, 0) is 45.8 Å². The van der Waals surface area contributed by atoms with Crippen molar-refractivity contribution < 1.29 is 19.4 Å². The van der Waals surface area contributed by atoms with E-state index in [4.69, 9.17) is 16.0 Å². The zero-order valence-corrected chi connectivity index (χ0v) is 22.6. The summed E-state index contributed by atoms with van der Waals surface area (Å²) in [5, 5.41) is 14.8. The Hall–Kier alpha value is -5.11. The average Bonchev–Trinajstić information content (AvgIpc) is 3.33. The van der Waals surface area contributed by atoms with E-state index < -0.39 is 24.1 Å². The van der Waals surface area contributed by atoms with Crippen LogP contribution in [-0.2, 0) is 9.53 Å². The zero-order chi connectivity index (χ0) is 29.2. The van der Waals surface area contributed by atoms with Gasteiger partial charge in [-0.2, -0.15) is 0 Å². The second kappa shape index (κ2) is 13.3. The Labute approximate surface area is 238 Å². The number of nitrogens with zero attached hydrogens (tertiary/aromatic N) is 3. The molecular formula is C32H31N5O4. The van der Waals surface area contributed by atoms with Gasteiger partial charge < -0.3 is 20.9 Å². The summed E-state index contributed by atoms with van der Waals surface area (Å²) < 4.78 is 5.32. The Morgan fingerprint density at radius 2 is 1.37 bits per heavy atom. The number of carbonyl (C=O) groups excluding carboxylic acids is 1. The van der Waals surface area contributed by atoms with E-state index in [1.165, 1.54) is 6.92 Å². The maximum atomic E-state index is 12.2. The predicted molar refractivity (Wildman–Crippen MR) is 157 cm³/mol. The SMILES string of the molecule is C[C@@](CN=[N+]=[N-])(NC(=O)OCC1c2ccccc2-c2ccccc21)C(=O)O.NC(c1ccccc1)c1ccccc1. The van der Waals surface area contributed by atoms with Gasteiger partial charge in [-0.15, -0.1) is 0 Å². The van der Waals surface area contributed by atoms with E-state index in [0.29, 0.717) is 0 Å². The second-order valence-electron chi connectivity index (χ2n) is 9.78. The molecule has 1 aliphatic rings. The average molecular weight is 550 g/mol. The third kappa shape index (κ3) is 6.91. The number of benzene rings is 4. The number of hydrogen-bond donors (Lipinski definition) is 3. The fourth-order valence-electron chi connectivity index (χ4n) is 4.71. The van der Waals surface area contributed by atoms with Gasteiger partial charge in [-0.1, -0.05) is 114 Å². The van der Waals surface area contributed by atoms with Crippen LogP contribution in [0.4, 0.5) is 4.79 Å². The summed E-state index contributed by atoms with van der Waals surface area (Å²) in [7, 11) is 0. The fraction of sp³-hybridized carbons (Fsp3) is 0.188. The van der Waals surface area contributed by atoms with Crippen LogP contribution in [0, 0.1) is 0 Å². The number of carbonyl (C=O) groups is 2. The van der Waals surface area contributed by atoms with Crippen molar-refractivity contribution in [3.8, 4) is 11.1 Å². The number of amides is 1. The lowest BCUT2D eigenvalue weighted by atomic mass is 9.98. The Morgan fingerprint density at radius 3 is 1.83 bits per heavy atom. The topological polar surface area (TPSA) is 150 Å². The van der Waals surface area contributed by atoms with Gasteiger partial charge in [0.1, 0.15) is 12.1 Å². The molecule has 41 heavy (non-hydrogen) atoms. The van der Waals surface area contributed by atoms with E-state index >= 15 is 0 Å². The number of aliphatic carboxylic acids is 1. The van der Waals surface area contributed by atoms with E-state index in [1.54, 1.807) is 0 Å². The number of fused-ring (bicyclic) bond motifs is 3. The monoisotopic (exact) mass is 549 g/mol. The number of ether oxygens (including phenoxy) is 1. The standard InChI is InChI=1S/C19H18N4O4.C13H13N/c1-19(17(24)25,11-21-23-20)22-18(26)27-10-16-14-8-4-2-6-12(14)13-7-3-5-9-15(13)16;14-13(11-7-3-1-4-8-11)12-9-5-2-6-10-12/h2-9,16H,10-11H2,1H3,(H,22,26)(H,24,25);1-10,13H,14H2/t19-;/m0./s1. The molecule has 0 fully saturated rings. The highest BCUT2D eigenvalue weighted by atomic mass is 16.5. The first-order valence-corrected chi connectivity index (χ1v) is 13.1. The van der Waals surface area contributed by atoms with Crippen molar-refractivity contribution in [2.75, 3.05) is 13.2 Å². The van der Waals surface area contributed by atoms with Crippen LogP contribution in [-0.4, -0.2) is 35.9 Å². The van der Waals surface area contributed by atoms with Crippen LogP contribution >= 0.6 is 0 Å². The maximum absolute atomic E-state index is 12.2. The van der Waals surface area contributed by atoms with Crippen LogP contribution in [0.2, 0.25) is 0 Å². The smallest absolute Gasteiger partial charge is 0.408 e. The first kappa shape index (κ1) is 28.9. The number of rotatable bonds is 8. The Bertz CT molecular complexity index is 1460. The van der Waals surface area contributed by atoms with Crippen LogP contribution in [0.25, 0.3) is 21.6 Å². The van der Waals surface area contributed by atoms with Gasteiger partial charge in [0.2, 0.25) is 0 Å². The van der Waals surface area contributed by atoms with Crippen LogP contribution < -0.4 is 11.1 Å². The highest BCUT2D eigenvalue weighted by molar-refractivity contribution is 5.84. The van der Waals surface area contributed by atoms with Crippen molar-refractivity contribution in [2.45, 2.75) is 24.4 Å². The van der Waals surface area contributed by atoms with Crippen LogP contribution in [0.5, 0.6) is 0 Å². The van der Waals surface area contributed by atoms with Crippen molar-refractivity contribution in [1.82, 2.24) is 5.32 Å². The fourth-order valence-corrected chi connectivity index (χ4v) is 4.71. The molecule has 0 radical (unpaired) electrons. The van der Waals surface area contributed by atoms with E-state index in [2.05, 4.69) is 39.6 Å². The number of nitrogens with one attached hydrogen (secondary N) is 1. The highest BCUT2D eigenvalue weighted by Crippen LogP contribution is 2.44. The van der Waals surface area contributed by atoms with Gasteiger partial charge in [0.05, 0.1) is 12.6 Å². The van der Waals surface area contributed by atoms with E-state index in [0.717, 1.165) is 33.4 Å². The van der Waals surface area contributed by atoms with E-state index in [-0.39, 0.29) is 18.6 Å². The molecule has 5 rings (SSSR count). The first-order chi connectivity index (χ1) is 19.8. The highest BCUT2D eigenvalue weighted by Gasteiger charge is 2.36. The Morgan fingerprint density at radius 1 is 0.902 bits per heavy atom.